The average Bonchev–Trinajstić information content (AvgIpc) is 1.55. The van der Waals surface area contributed by atoms with E-state index in [1.807, 2.05) is 0 Å². The van der Waals surface area contributed by atoms with Crippen LogP contribution in [0.15, 0.2) is 267 Å². The summed E-state index contributed by atoms with van der Waals surface area (Å²) in [4.78, 5) is 3.54. The third-order valence-corrected chi connectivity index (χ3v) is 25.7. The Morgan fingerprint density at radius 1 is 0.220 bits per heavy atom. The number of benzene rings is 14. The van der Waals surface area contributed by atoms with Crippen LogP contribution in [0.3, 0.4) is 0 Å². The minimum Gasteiger partial charge on any atom is -0.355 e. The molecule has 0 aliphatic carbocycles. The van der Waals surface area contributed by atoms with E-state index >= 15 is 0 Å². The molecule has 4 aromatic heterocycles. The first-order valence-electron chi connectivity index (χ1n) is 44.6. The molecule has 0 saturated heterocycles. The van der Waals surface area contributed by atoms with Crippen molar-refractivity contribution in [2.45, 2.75) is 209 Å². The van der Waals surface area contributed by atoms with Gasteiger partial charge >= 0.3 is 0 Å². The molecular weight excluding hydrogens is 1560 g/mol. The number of nitriles is 2. The smallest absolute Gasteiger partial charge is 0.170 e. The van der Waals surface area contributed by atoms with Gasteiger partial charge in [0.2, 0.25) is 0 Å². The van der Waals surface area contributed by atoms with Crippen LogP contribution >= 0.6 is 0 Å². The molecule has 0 bridgehead atoms. The zero-order chi connectivity index (χ0) is 91.1. The van der Waals surface area contributed by atoms with Gasteiger partial charge in [0.05, 0.1) is 66.9 Å². The predicted molar refractivity (Wildman–Crippen MR) is 532 cm³/mol. The SMILES string of the molecule is CC(C)(C)c1ccc2[nH]c3ccc(C(C)(C)C)cc3c2c1.CC(C)(C)c1ccc2c(c1)c1cc(C(C)(C)C)ccc1n2-c1c(C#N)c(-c2ccccc2)c(-n2c3ccc(C(C)(C)C)cc3c3cc(C(C)(C)C)ccc32)c(-n2c3ccc(C(C)(C)C)cc3c3cc(C(C)(C)C)ccc32)c1-c1ccccc1.N#Cc1c(F)c(-c2ccccc2)c(F)c(F)c1-c1ccccc1. The maximum absolute atomic E-state index is 14.7. The van der Waals surface area contributed by atoms with Crippen LogP contribution in [-0.2, 0) is 43.3 Å². The molecule has 0 saturated carbocycles. The second-order valence-electron chi connectivity index (χ2n) is 43.0. The third kappa shape index (κ3) is 16.0. The highest BCUT2D eigenvalue weighted by Gasteiger charge is 2.37. The van der Waals surface area contributed by atoms with Crippen LogP contribution in [0.1, 0.15) is 222 Å². The van der Waals surface area contributed by atoms with Crippen LogP contribution in [0.2, 0.25) is 0 Å². The molecule has 6 nitrogen and oxygen atoms in total. The van der Waals surface area contributed by atoms with Crippen LogP contribution in [0.4, 0.5) is 13.2 Å². The summed E-state index contributed by atoms with van der Waals surface area (Å²) in [5.41, 5.74) is 25.3. The van der Waals surface area contributed by atoms with Crippen molar-refractivity contribution >= 4 is 87.2 Å². The topological polar surface area (TPSA) is 78.2 Å². The number of rotatable bonds is 7. The first kappa shape index (κ1) is 87.5. The monoisotopic (exact) mass is 1670 g/mol. The zero-order valence-corrected chi connectivity index (χ0v) is 78.3. The fourth-order valence-electron chi connectivity index (χ4n) is 18.2. The van der Waals surface area contributed by atoms with E-state index in [4.69, 9.17) is 0 Å². The Kier molecular flexibility index (Phi) is 22.0. The quantitative estimate of drug-likeness (QED) is 0.161. The molecule has 0 atom stereocenters. The molecule has 1 N–H and O–H groups in total. The Balaban J connectivity index is 0.000000217. The highest BCUT2D eigenvalue weighted by Crippen LogP contribution is 2.54. The molecular formula is C118H117F3N6. The van der Waals surface area contributed by atoms with Gasteiger partial charge in [0.1, 0.15) is 12.1 Å². The van der Waals surface area contributed by atoms with Crippen LogP contribution < -0.4 is 0 Å². The largest absolute Gasteiger partial charge is 0.355 e. The lowest BCUT2D eigenvalue weighted by Gasteiger charge is -2.29. The molecule has 9 heteroatoms. The number of hydrogen-bond donors (Lipinski definition) is 1. The first-order valence-corrected chi connectivity index (χ1v) is 44.6. The molecule has 0 unspecified atom stereocenters. The standard InChI is InChI=1S/C79H82N4.C20H25N.C19H10F3N/c1-74(2,3)50-29-35-63-56(41-50)57-42-51(75(4,5)6)30-36-64(57)81(63)71-62(47-80)69(48-25-21-19-22-26-48)72(82-65-37-31-52(76(7,8)9)43-58(65)59-44-53(77(10,11)12)32-38-66(59)82)73(70(71)49-27-23-20-24-28-49)83-67-39-33-54(78(13,14)15)45-60(67)61-46-55(79(16,17)18)34-40-68(61)83;1-19(2,3)13-7-9-17-15(11-13)16-12-14(20(4,5)6)8-10-18(16)21-17;20-17-14(11-23)15(12-7-3-1-4-8-12)18(21)19(22)16(17)13-9-5-2-6-10-13/h19-46H,1-18H3;7-12,21H,1-6H3;1-10H. The average molecular weight is 1680 g/mol. The Morgan fingerprint density at radius 3 is 0.693 bits per heavy atom. The van der Waals surface area contributed by atoms with Gasteiger partial charge in [-0.2, -0.15) is 10.5 Å². The van der Waals surface area contributed by atoms with Crippen molar-refractivity contribution in [3.63, 3.8) is 0 Å². The molecule has 14 aromatic carbocycles. The summed E-state index contributed by atoms with van der Waals surface area (Å²) in [6.45, 7) is 55.2. The van der Waals surface area contributed by atoms with E-state index in [1.165, 1.54) is 123 Å². The molecule has 640 valence electrons. The van der Waals surface area contributed by atoms with Gasteiger partial charge < -0.3 is 18.7 Å². The van der Waals surface area contributed by atoms with E-state index in [1.54, 1.807) is 42.5 Å². The van der Waals surface area contributed by atoms with Crippen molar-refractivity contribution in [1.82, 2.24) is 18.7 Å². The lowest BCUT2D eigenvalue weighted by atomic mass is 9.85. The fraction of sp³-hybridized carbons (Fsp3) is 0.271. The molecule has 4 heterocycles. The van der Waals surface area contributed by atoms with Crippen LogP contribution in [0, 0.1) is 40.1 Å². The van der Waals surface area contributed by atoms with E-state index in [2.05, 4.69) is 397 Å². The molecule has 18 rings (SSSR count). The lowest BCUT2D eigenvalue weighted by molar-refractivity contribution is 0.500. The molecule has 0 aliphatic rings. The second-order valence-corrected chi connectivity index (χ2v) is 43.0. The summed E-state index contributed by atoms with van der Waals surface area (Å²) >= 11 is 0. The van der Waals surface area contributed by atoms with E-state index in [-0.39, 0.29) is 60.0 Å². The second kappa shape index (κ2) is 31.9. The van der Waals surface area contributed by atoms with Gasteiger partial charge in [0, 0.05) is 70.8 Å². The summed E-state index contributed by atoms with van der Waals surface area (Å²) in [5.74, 6) is -3.59. The minimum atomic E-state index is -1.30. The van der Waals surface area contributed by atoms with Crippen LogP contribution in [0.25, 0.3) is 149 Å². The maximum atomic E-state index is 14.7. The predicted octanol–water partition coefficient (Wildman–Crippen LogP) is 33.2. The third-order valence-electron chi connectivity index (χ3n) is 25.7. The lowest BCUT2D eigenvalue weighted by Crippen LogP contribution is -2.15. The van der Waals surface area contributed by atoms with Crippen LogP contribution in [0.5, 0.6) is 0 Å². The summed E-state index contributed by atoms with van der Waals surface area (Å²) < 4.78 is 51.4. The first-order chi connectivity index (χ1) is 59.8. The van der Waals surface area contributed by atoms with E-state index < -0.39 is 28.6 Å². The molecule has 0 aliphatic heterocycles. The Morgan fingerprint density at radius 2 is 0.433 bits per heavy atom. The Labute approximate surface area is 748 Å². The summed E-state index contributed by atoms with van der Waals surface area (Å²) in [6, 6.07) is 98.5. The fourth-order valence-corrected chi connectivity index (χ4v) is 18.2. The highest BCUT2D eigenvalue weighted by molar-refractivity contribution is 6.17. The van der Waals surface area contributed by atoms with Gasteiger partial charge in [-0.05, 0) is 207 Å². The Bertz CT molecular complexity index is 7180. The van der Waals surface area contributed by atoms with Crippen molar-refractivity contribution in [3.05, 3.63) is 340 Å². The van der Waals surface area contributed by atoms with Crippen LogP contribution in [-0.4, -0.2) is 18.7 Å². The van der Waals surface area contributed by atoms with Crippen molar-refractivity contribution < 1.29 is 13.2 Å². The number of nitrogens with one attached hydrogen (secondary N) is 1. The molecule has 0 spiro atoms. The van der Waals surface area contributed by atoms with Gasteiger partial charge in [0.25, 0.3) is 0 Å². The molecule has 0 fully saturated rings. The van der Waals surface area contributed by atoms with Gasteiger partial charge in [0.15, 0.2) is 17.5 Å². The van der Waals surface area contributed by atoms with Crippen molar-refractivity contribution in [1.29, 1.82) is 10.5 Å². The van der Waals surface area contributed by atoms with Crippen molar-refractivity contribution in [2.75, 3.05) is 0 Å². The molecule has 0 amide bonds. The number of aromatic amines is 1. The highest BCUT2D eigenvalue weighted by atomic mass is 19.2. The number of hydrogen-bond acceptors (Lipinski definition) is 2. The van der Waals surface area contributed by atoms with Gasteiger partial charge in [-0.1, -0.05) is 336 Å². The number of H-pyrrole nitrogens is 1. The zero-order valence-electron chi connectivity index (χ0n) is 78.3. The molecule has 0 radical (unpaired) electrons. The number of halogens is 3. The number of nitrogens with zero attached hydrogens (tertiary/aromatic N) is 5. The summed E-state index contributed by atoms with van der Waals surface area (Å²) in [7, 11) is 0. The maximum Gasteiger partial charge on any atom is 0.170 e. The van der Waals surface area contributed by atoms with Gasteiger partial charge in [-0.3, -0.25) is 0 Å². The van der Waals surface area contributed by atoms with Gasteiger partial charge in [-0.15, -0.1) is 0 Å². The van der Waals surface area contributed by atoms with E-state index in [9.17, 15) is 23.7 Å². The summed E-state index contributed by atoms with van der Waals surface area (Å²) in [6.07, 6.45) is 0. The van der Waals surface area contributed by atoms with Crippen molar-refractivity contribution in [2.24, 2.45) is 0 Å². The Hall–Kier alpha value is -13.0. The minimum absolute atomic E-state index is 0.105. The van der Waals surface area contributed by atoms with E-state index in [0.717, 1.165) is 72.4 Å². The van der Waals surface area contributed by atoms with Gasteiger partial charge in [-0.25, -0.2) is 13.2 Å². The normalized spacial score (nSPS) is 12.7. The molecule has 127 heavy (non-hydrogen) atoms. The number of fused-ring (bicyclic) bond motifs is 12. The summed E-state index contributed by atoms with van der Waals surface area (Å²) in [5, 5.41) is 31.8. The number of aromatic nitrogens is 4. The molecule has 18 aromatic rings. The van der Waals surface area contributed by atoms with E-state index in [0.29, 0.717) is 5.56 Å². The van der Waals surface area contributed by atoms with Crippen molar-refractivity contribution in [3.8, 4) is 73.7 Å².